The number of thiophene rings is 1. The molecular weight excluding hydrogens is 270 g/mol. The van der Waals surface area contributed by atoms with E-state index in [2.05, 4.69) is 0 Å². The molecule has 18 heavy (non-hydrogen) atoms. The SMILES string of the molecule is N#C[C@H](C(=O)[O-])C1(c2ccc(Cl)s2)CCCCC1. The van der Waals surface area contributed by atoms with Gasteiger partial charge in [-0.15, -0.1) is 11.3 Å². The number of nitrogens with zero attached hydrogens (tertiary/aromatic N) is 1. The maximum Gasteiger partial charge on any atom is 0.0962 e. The van der Waals surface area contributed by atoms with Gasteiger partial charge in [0, 0.05) is 10.3 Å². The third kappa shape index (κ3) is 2.25. The van der Waals surface area contributed by atoms with Gasteiger partial charge >= 0.3 is 0 Å². The van der Waals surface area contributed by atoms with Crippen LogP contribution in [-0.2, 0) is 10.2 Å². The fraction of sp³-hybridized carbons (Fsp3) is 0.538. The molecule has 0 N–H and O–H groups in total. The van der Waals surface area contributed by atoms with E-state index in [1.54, 1.807) is 6.07 Å². The molecule has 1 aliphatic carbocycles. The molecular formula is C13H13ClNO2S-. The number of carboxylic acid groups (broad SMARTS) is 1. The van der Waals surface area contributed by atoms with Crippen LogP contribution < -0.4 is 5.11 Å². The van der Waals surface area contributed by atoms with Crippen LogP contribution in [0.4, 0.5) is 0 Å². The lowest BCUT2D eigenvalue weighted by Gasteiger charge is -2.40. The van der Waals surface area contributed by atoms with Crippen molar-refractivity contribution in [2.45, 2.75) is 37.5 Å². The molecule has 1 atom stereocenters. The minimum absolute atomic E-state index is 0.607. The number of carboxylic acids is 1. The maximum absolute atomic E-state index is 11.3. The molecule has 0 radical (unpaired) electrons. The minimum atomic E-state index is -1.27. The normalized spacial score (nSPS) is 20.0. The summed E-state index contributed by atoms with van der Waals surface area (Å²) in [7, 11) is 0. The van der Waals surface area contributed by atoms with Gasteiger partial charge in [0.25, 0.3) is 0 Å². The Balaban J connectivity index is 2.46. The molecule has 0 unspecified atom stereocenters. The molecule has 1 heterocycles. The molecule has 0 amide bonds. The molecule has 2 rings (SSSR count). The van der Waals surface area contributed by atoms with Crippen molar-refractivity contribution in [2.24, 2.45) is 5.92 Å². The van der Waals surface area contributed by atoms with Crippen molar-refractivity contribution in [3.63, 3.8) is 0 Å². The number of nitriles is 1. The van der Waals surface area contributed by atoms with Crippen LogP contribution >= 0.6 is 22.9 Å². The van der Waals surface area contributed by atoms with Gasteiger partial charge in [-0.2, -0.15) is 5.26 Å². The Morgan fingerprint density at radius 1 is 1.44 bits per heavy atom. The highest BCUT2D eigenvalue weighted by Gasteiger charge is 2.43. The van der Waals surface area contributed by atoms with Crippen molar-refractivity contribution in [1.29, 1.82) is 5.26 Å². The van der Waals surface area contributed by atoms with Gasteiger partial charge in [0.2, 0.25) is 0 Å². The lowest BCUT2D eigenvalue weighted by molar-refractivity contribution is -0.311. The summed E-state index contributed by atoms with van der Waals surface area (Å²) < 4.78 is 0.630. The first-order chi connectivity index (χ1) is 8.60. The second-order valence-corrected chi connectivity index (χ2v) is 6.42. The molecule has 3 nitrogen and oxygen atoms in total. The van der Waals surface area contributed by atoms with Crippen LogP contribution in [0.3, 0.4) is 0 Å². The van der Waals surface area contributed by atoms with E-state index < -0.39 is 17.3 Å². The van der Waals surface area contributed by atoms with E-state index in [1.165, 1.54) is 11.3 Å². The molecule has 0 aliphatic heterocycles. The molecule has 0 saturated heterocycles. The van der Waals surface area contributed by atoms with Crippen LogP contribution in [0.2, 0.25) is 4.34 Å². The van der Waals surface area contributed by atoms with Crippen LogP contribution in [0.1, 0.15) is 37.0 Å². The van der Waals surface area contributed by atoms with E-state index in [-0.39, 0.29) is 0 Å². The Bertz CT molecular complexity index is 485. The van der Waals surface area contributed by atoms with Crippen molar-refractivity contribution in [2.75, 3.05) is 0 Å². The second kappa shape index (κ2) is 5.29. The van der Waals surface area contributed by atoms with Crippen LogP contribution in [-0.4, -0.2) is 5.97 Å². The predicted molar refractivity (Wildman–Crippen MR) is 68.2 cm³/mol. The molecule has 5 heteroatoms. The van der Waals surface area contributed by atoms with E-state index in [4.69, 9.17) is 11.6 Å². The van der Waals surface area contributed by atoms with Crippen molar-refractivity contribution < 1.29 is 9.90 Å². The first-order valence-electron chi connectivity index (χ1n) is 5.96. The monoisotopic (exact) mass is 282 g/mol. The predicted octanol–water partition coefficient (Wildman–Crippen LogP) is 2.49. The maximum atomic E-state index is 11.3. The quantitative estimate of drug-likeness (QED) is 0.855. The fourth-order valence-corrected chi connectivity index (χ4v) is 4.16. The van der Waals surface area contributed by atoms with Crippen LogP contribution in [0.5, 0.6) is 0 Å². The van der Waals surface area contributed by atoms with Crippen LogP contribution in [0, 0.1) is 17.2 Å². The number of aliphatic carboxylic acids is 1. The Labute approximate surface area is 115 Å². The summed E-state index contributed by atoms with van der Waals surface area (Å²) in [6.45, 7) is 0. The zero-order valence-electron chi connectivity index (χ0n) is 9.82. The summed E-state index contributed by atoms with van der Waals surface area (Å²) >= 11 is 7.32. The van der Waals surface area contributed by atoms with E-state index in [1.807, 2.05) is 12.1 Å². The number of carbonyl (C=O) groups excluding carboxylic acids is 1. The zero-order chi connectivity index (χ0) is 13.2. The van der Waals surface area contributed by atoms with E-state index in [0.29, 0.717) is 4.34 Å². The summed E-state index contributed by atoms with van der Waals surface area (Å²) in [6.07, 6.45) is 4.42. The lowest BCUT2D eigenvalue weighted by Crippen LogP contribution is -2.46. The van der Waals surface area contributed by atoms with Crippen molar-refractivity contribution in [1.82, 2.24) is 0 Å². The molecule has 96 valence electrons. The molecule has 0 aromatic carbocycles. The number of halogens is 1. The van der Waals surface area contributed by atoms with Gasteiger partial charge in [-0.25, -0.2) is 0 Å². The Hall–Kier alpha value is -1.05. The molecule has 0 spiro atoms. The second-order valence-electron chi connectivity index (χ2n) is 4.70. The van der Waals surface area contributed by atoms with Gasteiger partial charge in [-0.1, -0.05) is 30.9 Å². The van der Waals surface area contributed by atoms with Gasteiger partial charge in [-0.05, 0) is 25.0 Å². The van der Waals surface area contributed by atoms with Gasteiger partial charge in [0.15, 0.2) is 0 Å². The third-order valence-corrected chi connectivity index (χ3v) is 5.18. The molecule has 1 aromatic rings. The average molecular weight is 283 g/mol. The summed E-state index contributed by atoms with van der Waals surface area (Å²) in [5, 5.41) is 20.4. The van der Waals surface area contributed by atoms with E-state index in [0.717, 1.165) is 37.0 Å². The smallest absolute Gasteiger partial charge is 0.0962 e. The summed E-state index contributed by atoms with van der Waals surface area (Å²) in [4.78, 5) is 12.2. The number of carbonyl (C=O) groups is 1. The summed E-state index contributed by atoms with van der Waals surface area (Å²) in [5.41, 5.74) is -0.607. The Kier molecular flexibility index (Phi) is 3.94. The Morgan fingerprint density at radius 2 is 2.11 bits per heavy atom. The molecule has 1 aromatic heterocycles. The molecule has 0 bridgehead atoms. The van der Waals surface area contributed by atoms with Gasteiger partial charge < -0.3 is 9.90 Å². The van der Waals surface area contributed by atoms with Crippen molar-refractivity contribution in [3.05, 3.63) is 21.3 Å². The number of rotatable bonds is 3. The summed E-state index contributed by atoms with van der Waals surface area (Å²) in [6, 6.07) is 5.54. The highest BCUT2D eigenvalue weighted by molar-refractivity contribution is 7.16. The third-order valence-electron chi connectivity index (χ3n) is 3.73. The first kappa shape index (κ1) is 13.4. The molecule has 1 saturated carbocycles. The van der Waals surface area contributed by atoms with Gasteiger partial charge in [-0.3, -0.25) is 0 Å². The van der Waals surface area contributed by atoms with Crippen LogP contribution in [0.25, 0.3) is 0 Å². The number of hydrogen-bond donors (Lipinski definition) is 0. The topological polar surface area (TPSA) is 63.9 Å². The van der Waals surface area contributed by atoms with E-state index >= 15 is 0 Å². The van der Waals surface area contributed by atoms with Gasteiger partial charge in [0.1, 0.15) is 0 Å². The van der Waals surface area contributed by atoms with Gasteiger partial charge in [0.05, 0.1) is 22.3 Å². The lowest BCUT2D eigenvalue weighted by atomic mass is 9.65. The summed E-state index contributed by atoms with van der Waals surface area (Å²) in [5.74, 6) is -2.36. The van der Waals surface area contributed by atoms with Crippen LogP contribution in [0.15, 0.2) is 12.1 Å². The first-order valence-corrected chi connectivity index (χ1v) is 7.16. The number of hydrogen-bond acceptors (Lipinski definition) is 4. The molecule has 1 fully saturated rings. The molecule has 1 aliphatic rings. The fourth-order valence-electron chi connectivity index (χ4n) is 2.84. The minimum Gasteiger partial charge on any atom is -0.549 e. The standard InChI is InChI=1S/C13H14ClNO2S/c14-11-5-4-10(18-11)13(6-2-1-3-7-13)9(8-15)12(16)17/h4-5,9H,1-3,6-7H2,(H,16,17)/p-1/t9-/m1/s1. The Morgan fingerprint density at radius 3 is 2.56 bits per heavy atom. The highest BCUT2D eigenvalue weighted by atomic mass is 35.5. The average Bonchev–Trinajstić information content (AvgIpc) is 2.78. The van der Waals surface area contributed by atoms with Crippen molar-refractivity contribution in [3.8, 4) is 6.07 Å². The van der Waals surface area contributed by atoms with Crippen molar-refractivity contribution >= 4 is 28.9 Å². The van der Waals surface area contributed by atoms with E-state index in [9.17, 15) is 15.2 Å². The zero-order valence-corrected chi connectivity index (χ0v) is 11.4. The largest absolute Gasteiger partial charge is 0.549 e. The highest BCUT2D eigenvalue weighted by Crippen LogP contribution is 2.48.